The molecule has 0 saturated carbocycles. The quantitative estimate of drug-likeness (QED) is 0.338. The molecule has 0 amide bonds. The van der Waals surface area contributed by atoms with E-state index in [9.17, 15) is 13.2 Å². The number of sulfonamides is 1. The van der Waals surface area contributed by atoms with Gasteiger partial charge in [0.25, 0.3) is 0 Å². The molecule has 0 aliphatic carbocycles. The van der Waals surface area contributed by atoms with E-state index in [1.807, 2.05) is 49.4 Å². The van der Waals surface area contributed by atoms with Gasteiger partial charge in [0.1, 0.15) is 0 Å². The van der Waals surface area contributed by atoms with E-state index in [1.54, 1.807) is 22.8 Å². The SMILES string of the molecule is C[C@H](NS(=O)(=O)c1ccc2c(c1)sc(=O)n2Cc1ccccc1Cl)c1ccc(C(C)(C)C)cc1. The molecule has 1 aromatic heterocycles. The second-order valence-corrected chi connectivity index (χ2v) is 12.5. The van der Waals surface area contributed by atoms with Gasteiger partial charge < -0.3 is 0 Å². The first-order valence-corrected chi connectivity index (χ1v) is 13.6. The summed E-state index contributed by atoms with van der Waals surface area (Å²) in [5.74, 6) is 0. The van der Waals surface area contributed by atoms with Gasteiger partial charge in [0.2, 0.25) is 10.0 Å². The molecule has 1 N–H and O–H groups in total. The maximum Gasteiger partial charge on any atom is 0.308 e. The summed E-state index contributed by atoms with van der Waals surface area (Å²) in [7, 11) is -3.78. The van der Waals surface area contributed by atoms with E-state index in [0.717, 1.165) is 22.5 Å². The Kier molecular flexibility index (Phi) is 6.75. The number of rotatable bonds is 6. The summed E-state index contributed by atoms with van der Waals surface area (Å²) in [5, 5.41) is 0.585. The fourth-order valence-electron chi connectivity index (χ4n) is 3.80. The Morgan fingerprint density at radius 1 is 1.03 bits per heavy atom. The van der Waals surface area contributed by atoms with E-state index in [-0.39, 0.29) is 15.2 Å². The van der Waals surface area contributed by atoms with Gasteiger partial charge in [-0.05, 0) is 53.3 Å². The molecule has 0 bridgehead atoms. The van der Waals surface area contributed by atoms with Crippen LogP contribution in [0.4, 0.5) is 0 Å². The van der Waals surface area contributed by atoms with Crippen LogP contribution in [0.15, 0.2) is 76.4 Å². The van der Waals surface area contributed by atoms with Crippen LogP contribution in [0.25, 0.3) is 10.2 Å². The van der Waals surface area contributed by atoms with Crippen LogP contribution in [0.3, 0.4) is 0 Å². The molecular weight excluding hydrogens is 488 g/mol. The lowest BCUT2D eigenvalue weighted by molar-refractivity contribution is 0.566. The third-order valence-corrected chi connectivity index (χ3v) is 8.69. The summed E-state index contributed by atoms with van der Waals surface area (Å²) in [4.78, 5) is 12.6. The normalized spacial score (nSPS) is 13.3. The summed E-state index contributed by atoms with van der Waals surface area (Å²) < 4.78 is 31.2. The molecule has 0 aliphatic rings. The fraction of sp³-hybridized carbons (Fsp3) is 0.269. The van der Waals surface area contributed by atoms with Crippen molar-refractivity contribution in [2.24, 2.45) is 0 Å². The van der Waals surface area contributed by atoms with Gasteiger partial charge in [-0.3, -0.25) is 9.36 Å². The zero-order chi connectivity index (χ0) is 24.7. The Morgan fingerprint density at radius 2 is 1.71 bits per heavy atom. The molecule has 178 valence electrons. The van der Waals surface area contributed by atoms with Crippen molar-refractivity contribution in [1.29, 1.82) is 0 Å². The van der Waals surface area contributed by atoms with Crippen molar-refractivity contribution in [3.8, 4) is 0 Å². The molecule has 8 heteroatoms. The van der Waals surface area contributed by atoms with Gasteiger partial charge in [-0.1, -0.05) is 86.2 Å². The predicted octanol–water partition coefficient (Wildman–Crippen LogP) is 6.10. The van der Waals surface area contributed by atoms with Gasteiger partial charge in [0.15, 0.2) is 0 Å². The number of halogens is 1. The largest absolute Gasteiger partial charge is 0.308 e. The summed E-state index contributed by atoms with van der Waals surface area (Å²) in [6.45, 7) is 8.56. The highest BCUT2D eigenvalue weighted by Crippen LogP contribution is 2.27. The van der Waals surface area contributed by atoms with E-state index in [2.05, 4.69) is 25.5 Å². The highest BCUT2D eigenvalue weighted by Gasteiger charge is 2.21. The Hall–Kier alpha value is -2.45. The minimum Gasteiger partial charge on any atom is -0.294 e. The Morgan fingerprint density at radius 3 is 2.35 bits per heavy atom. The van der Waals surface area contributed by atoms with Crippen LogP contribution < -0.4 is 9.60 Å². The number of thiazole rings is 1. The summed E-state index contributed by atoms with van der Waals surface area (Å²) in [6, 6.07) is 19.7. The zero-order valence-corrected chi connectivity index (χ0v) is 21.9. The van der Waals surface area contributed by atoms with Crippen molar-refractivity contribution in [3.05, 3.63) is 98.1 Å². The number of hydrogen-bond acceptors (Lipinski definition) is 4. The van der Waals surface area contributed by atoms with Crippen LogP contribution in [0.1, 0.15) is 50.4 Å². The van der Waals surface area contributed by atoms with Gasteiger partial charge in [0.05, 0.1) is 21.7 Å². The van der Waals surface area contributed by atoms with E-state index in [0.29, 0.717) is 21.8 Å². The van der Waals surface area contributed by atoms with Crippen molar-refractivity contribution < 1.29 is 8.42 Å². The van der Waals surface area contributed by atoms with Crippen LogP contribution >= 0.6 is 22.9 Å². The molecule has 3 aromatic carbocycles. The topological polar surface area (TPSA) is 68.2 Å². The predicted molar refractivity (Wildman–Crippen MR) is 141 cm³/mol. The average molecular weight is 515 g/mol. The maximum atomic E-state index is 13.1. The molecule has 5 nitrogen and oxygen atoms in total. The van der Waals surface area contributed by atoms with Crippen LogP contribution in [0.5, 0.6) is 0 Å². The average Bonchev–Trinajstić information content (AvgIpc) is 3.09. The van der Waals surface area contributed by atoms with Gasteiger partial charge in [-0.2, -0.15) is 0 Å². The molecule has 0 spiro atoms. The standard InChI is InChI=1S/C26H27ClN2O3S2/c1-17(18-9-11-20(12-10-18)26(2,3)4)28-34(31,32)21-13-14-23-24(15-21)33-25(30)29(23)16-19-7-5-6-8-22(19)27/h5-15,17,28H,16H2,1-4H3/t17-/m0/s1. The van der Waals surface area contributed by atoms with Gasteiger partial charge >= 0.3 is 4.87 Å². The molecule has 34 heavy (non-hydrogen) atoms. The highest BCUT2D eigenvalue weighted by molar-refractivity contribution is 7.89. The molecule has 0 aliphatic heterocycles. The number of benzene rings is 3. The Labute approximate surface area is 209 Å². The Balaban J connectivity index is 1.59. The van der Waals surface area contributed by atoms with Gasteiger partial charge in [0, 0.05) is 11.1 Å². The fourth-order valence-corrected chi connectivity index (χ4v) is 6.26. The number of nitrogens with zero attached hydrogens (tertiary/aromatic N) is 1. The van der Waals surface area contributed by atoms with E-state index >= 15 is 0 Å². The number of fused-ring (bicyclic) bond motifs is 1. The number of hydrogen-bond donors (Lipinski definition) is 1. The van der Waals surface area contributed by atoms with Crippen LogP contribution in [-0.4, -0.2) is 13.0 Å². The molecule has 1 atom stereocenters. The van der Waals surface area contributed by atoms with Gasteiger partial charge in [-0.25, -0.2) is 13.1 Å². The third kappa shape index (κ3) is 5.13. The first-order chi connectivity index (χ1) is 16.0. The summed E-state index contributed by atoms with van der Waals surface area (Å²) >= 11 is 7.29. The summed E-state index contributed by atoms with van der Waals surface area (Å²) in [6.07, 6.45) is 0. The van der Waals surface area contributed by atoms with Crippen molar-refractivity contribution in [2.75, 3.05) is 0 Å². The second kappa shape index (κ2) is 9.30. The second-order valence-electron chi connectivity index (χ2n) is 9.39. The van der Waals surface area contributed by atoms with Crippen LogP contribution in [0, 0.1) is 0 Å². The van der Waals surface area contributed by atoms with E-state index < -0.39 is 16.1 Å². The molecule has 4 aromatic rings. The highest BCUT2D eigenvalue weighted by atomic mass is 35.5. The minimum atomic E-state index is -3.78. The molecule has 0 radical (unpaired) electrons. The van der Waals surface area contributed by atoms with Gasteiger partial charge in [-0.15, -0.1) is 0 Å². The first kappa shape index (κ1) is 24.7. The van der Waals surface area contributed by atoms with Crippen molar-refractivity contribution in [3.63, 3.8) is 0 Å². The van der Waals surface area contributed by atoms with Crippen LogP contribution in [-0.2, 0) is 22.0 Å². The maximum absolute atomic E-state index is 13.1. The lowest BCUT2D eigenvalue weighted by Gasteiger charge is -2.20. The van der Waals surface area contributed by atoms with Crippen molar-refractivity contribution in [2.45, 2.75) is 50.6 Å². The lowest BCUT2D eigenvalue weighted by atomic mass is 9.86. The molecule has 0 saturated heterocycles. The monoisotopic (exact) mass is 514 g/mol. The Bertz CT molecular complexity index is 1500. The summed E-state index contributed by atoms with van der Waals surface area (Å²) in [5.41, 5.74) is 3.61. The number of nitrogens with one attached hydrogen (secondary N) is 1. The van der Waals surface area contributed by atoms with Crippen LogP contribution in [0.2, 0.25) is 5.02 Å². The molecule has 1 heterocycles. The first-order valence-electron chi connectivity index (χ1n) is 11.0. The zero-order valence-electron chi connectivity index (χ0n) is 19.5. The molecular formula is C26H27ClN2O3S2. The number of aromatic nitrogens is 1. The van der Waals surface area contributed by atoms with E-state index in [4.69, 9.17) is 11.6 Å². The van der Waals surface area contributed by atoms with E-state index in [1.165, 1.54) is 11.6 Å². The third-order valence-electron chi connectivity index (χ3n) is 5.84. The molecule has 4 rings (SSSR count). The smallest absolute Gasteiger partial charge is 0.294 e. The lowest BCUT2D eigenvalue weighted by Crippen LogP contribution is -2.27. The van der Waals surface area contributed by atoms with Crippen molar-refractivity contribution >= 4 is 43.2 Å². The molecule has 0 fully saturated rings. The minimum absolute atomic E-state index is 0.0283. The van der Waals surface area contributed by atoms with Crippen molar-refractivity contribution in [1.82, 2.24) is 9.29 Å². The molecule has 0 unspecified atom stereocenters.